The van der Waals surface area contributed by atoms with Crippen LogP contribution in [0.3, 0.4) is 0 Å². The van der Waals surface area contributed by atoms with Crippen LogP contribution < -0.4 is 10.9 Å². The molecule has 1 aromatic heterocycles. The second-order valence-corrected chi connectivity index (χ2v) is 13.7. The highest BCUT2D eigenvalue weighted by Gasteiger charge is 2.51. The average Bonchev–Trinajstić information content (AvgIpc) is 3.44. The third-order valence-corrected chi connectivity index (χ3v) is 9.78. The van der Waals surface area contributed by atoms with Crippen molar-refractivity contribution in [2.45, 2.75) is 136 Å². The van der Waals surface area contributed by atoms with E-state index in [1.165, 1.54) is 60.3 Å². The van der Waals surface area contributed by atoms with Gasteiger partial charge in [-0.05, 0) is 84.9 Å². The fourth-order valence-electron chi connectivity index (χ4n) is 6.07. The van der Waals surface area contributed by atoms with Gasteiger partial charge in [-0.1, -0.05) is 69.7 Å². The number of fused-ring (bicyclic) bond motifs is 3. The van der Waals surface area contributed by atoms with Crippen molar-refractivity contribution in [3.05, 3.63) is 36.4 Å². The fourth-order valence-corrected chi connectivity index (χ4v) is 6.07. The molecule has 0 N–H and O–H groups in total. The molecule has 0 radical (unpaired) electrons. The normalized spacial score (nSPS) is 22.6. The molecule has 5 nitrogen and oxygen atoms in total. The maximum atomic E-state index is 6.44. The molecule has 0 bridgehead atoms. The van der Waals surface area contributed by atoms with Gasteiger partial charge in [0.1, 0.15) is 0 Å². The van der Waals surface area contributed by atoms with Crippen LogP contribution in [0.15, 0.2) is 36.4 Å². The first-order chi connectivity index (χ1) is 18.8. The van der Waals surface area contributed by atoms with E-state index in [1.807, 2.05) is 0 Å². The number of hydrogen-bond acceptors (Lipinski definition) is 4. The molecule has 40 heavy (non-hydrogen) atoms. The Bertz CT molecular complexity index is 1330. The van der Waals surface area contributed by atoms with E-state index in [1.54, 1.807) is 0 Å². The van der Waals surface area contributed by atoms with Crippen molar-refractivity contribution < 1.29 is 18.6 Å². The van der Waals surface area contributed by atoms with Crippen LogP contribution in [0, 0.1) is 0 Å². The Labute approximate surface area is 242 Å². The first kappa shape index (κ1) is 29.7. The number of rotatable bonds is 10. The number of hydrogen-bond donors (Lipinski definition) is 0. The number of unbranched alkanes of at least 4 members (excludes halogenated alkanes) is 5. The molecule has 2 fully saturated rings. The third kappa shape index (κ3) is 5.52. The highest BCUT2D eigenvalue weighted by molar-refractivity contribution is 6.63. The van der Waals surface area contributed by atoms with E-state index in [2.05, 4.69) is 103 Å². The lowest BCUT2D eigenvalue weighted by Gasteiger charge is -2.32. The Balaban J connectivity index is 1.53. The molecule has 0 spiro atoms. The molecule has 2 unspecified atom stereocenters. The van der Waals surface area contributed by atoms with Crippen LogP contribution in [-0.2, 0) is 18.6 Å². The Hall–Kier alpha value is -1.79. The Morgan fingerprint density at radius 2 is 1.27 bits per heavy atom. The summed E-state index contributed by atoms with van der Waals surface area (Å²) in [7, 11) is -0.732. The van der Waals surface area contributed by atoms with Crippen molar-refractivity contribution in [3.8, 4) is 0 Å². The molecule has 2 atom stereocenters. The van der Waals surface area contributed by atoms with Gasteiger partial charge in [-0.3, -0.25) is 0 Å². The monoisotopic (exact) mass is 545 g/mol. The average molecular weight is 545 g/mol. The van der Waals surface area contributed by atoms with E-state index >= 15 is 0 Å². The summed E-state index contributed by atoms with van der Waals surface area (Å²) >= 11 is 0. The van der Waals surface area contributed by atoms with E-state index in [0.29, 0.717) is 6.04 Å². The molecule has 216 valence electrons. The largest absolute Gasteiger partial charge is 0.494 e. The number of aromatic nitrogens is 1. The van der Waals surface area contributed by atoms with Crippen LogP contribution in [0.5, 0.6) is 0 Å². The van der Waals surface area contributed by atoms with E-state index in [9.17, 15) is 0 Å². The smallest absolute Gasteiger partial charge is 0.402 e. The molecule has 7 heteroatoms. The van der Waals surface area contributed by atoms with E-state index in [4.69, 9.17) is 18.6 Å². The number of nitrogens with zero attached hydrogens (tertiary/aromatic N) is 1. The third-order valence-electron chi connectivity index (χ3n) is 9.78. The summed E-state index contributed by atoms with van der Waals surface area (Å²) in [6.45, 7) is 19.4. The van der Waals surface area contributed by atoms with Gasteiger partial charge in [0.15, 0.2) is 0 Å². The van der Waals surface area contributed by atoms with Gasteiger partial charge in [-0.2, -0.15) is 0 Å². The Kier molecular flexibility index (Phi) is 8.26. The summed E-state index contributed by atoms with van der Waals surface area (Å²) in [6.07, 6.45) is 9.02. The lowest BCUT2D eigenvalue weighted by Crippen LogP contribution is -2.41. The molecule has 0 aliphatic carbocycles. The zero-order chi connectivity index (χ0) is 28.9. The van der Waals surface area contributed by atoms with Gasteiger partial charge in [0.2, 0.25) is 0 Å². The van der Waals surface area contributed by atoms with Gasteiger partial charge >= 0.3 is 14.2 Å². The minimum atomic E-state index is -0.380. The maximum Gasteiger partial charge on any atom is 0.494 e. The van der Waals surface area contributed by atoms with Crippen molar-refractivity contribution in [2.24, 2.45) is 0 Å². The molecule has 0 amide bonds. The first-order valence-corrected chi connectivity index (χ1v) is 15.6. The fraction of sp³-hybridized carbons (Fsp3) is 0.636. The minimum absolute atomic E-state index is 0.0353. The van der Waals surface area contributed by atoms with Crippen molar-refractivity contribution in [1.82, 2.24) is 4.57 Å². The molecule has 0 saturated carbocycles. The summed E-state index contributed by atoms with van der Waals surface area (Å²) in [5, 5.41) is 2.53. The van der Waals surface area contributed by atoms with Crippen LogP contribution in [0.1, 0.15) is 113 Å². The topological polar surface area (TPSA) is 41.9 Å². The lowest BCUT2D eigenvalue weighted by atomic mass is 9.78. The van der Waals surface area contributed by atoms with Gasteiger partial charge in [-0.15, -0.1) is 0 Å². The van der Waals surface area contributed by atoms with Crippen LogP contribution in [0.2, 0.25) is 0 Å². The van der Waals surface area contributed by atoms with Crippen molar-refractivity contribution >= 4 is 47.0 Å². The van der Waals surface area contributed by atoms with Crippen molar-refractivity contribution in [3.63, 3.8) is 0 Å². The lowest BCUT2D eigenvalue weighted by molar-refractivity contribution is 0.00578. The van der Waals surface area contributed by atoms with Crippen molar-refractivity contribution in [1.29, 1.82) is 0 Å². The van der Waals surface area contributed by atoms with Gasteiger partial charge < -0.3 is 23.2 Å². The Morgan fingerprint density at radius 1 is 0.750 bits per heavy atom. The first-order valence-electron chi connectivity index (χ1n) is 15.6. The van der Waals surface area contributed by atoms with Crippen LogP contribution >= 0.6 is 0 Å². The van der Waals surface area contributed by atoms with Gasteiger partial charge in [-0.25, -0.2) is 0 Å². The maximum absolute atomic E-state index is 6.44. The molecule has 2 aliphatic heterocycles. The summed E-state index contributed by atoms with van der Waals surface area (Å²) in [6, 6.07) is 13.8. The second-order valence-electron chi connectivity index (χ2n) is 13.7. The number of benzene rings is 2. The quantitative estimate of drug-likeness (QED) is 0.198. The van der Waals surface area contributed by atoms with E-state index in [-0.39, 0.29) is 37.1 Å². The summed E-state index contributed by atoms with van der Waals surface area (Å²) in [4.78, 5) is 0. The highest BCUT2D eigenvalue weighted by atomic mass is 16.7. The molecule has 2 saturated heterocycles. The van der Waals surface area contributed by atoms with Crippen LogP contribution in [-0.4, -0.2) is 41.7 Å². The molecular formula is C33H49B2NO4. The molecule has 3 heterocycles. The Morgan fingerprint density at radius 3 is 1.80 bits per heavy atom. The predicted octanol–water partition coefficient (Wildman–Crippen LogP) is 7.31. The molecule has 2 aliphatic rings. The predicted molar refractivity (Wildman–Crippen MR) is 169 cm³/mol. The summed E-state index contributed by atoms with van der Waals surface area (Å²) in [5.41, 5.74) is 3.57. The highest BCUT2D eigenvalue weighted by Crippen LogP contribution is 2.38. The van der Waals surface area contributed by atoms with Gasteiger partial charge in [0.25, 0.3) is 0 Å². The van der Waals surface area contributed by atoms with Crippen LogP contribution in [0.4, 0.5) is 0 Å². The molecular weight excluding hydrogens is 496 g/mol. The zero-order valence-electron chi connectivity index (χ0n) is 26.3. The summed E-state index contributed by atoms with van der Waals surface area (Å²) in [5.74, 6) is 0. The molecule has 2 aromatic carbocycles. The zero-order valence-corrected chi connectivity index (χ0v) is 26.3. The standard InChI is InChI=1S/C33H49B2NO4/c1-10-11-12-13-14-15-16-23(2)36-29-21-25(34-37-24(3)31(4,5)38-34)17-19-27(29)28-20-18-26(22-30(28)36)35-39-32(6,7)33(8,9)40-35/h17-24H,10-16H2,1-9H3. The van der Waals surface area contributed by atoms with Crippen molar-refractivity contribution in [2.75, 3.05) is 0 Å². The molecule has 5 rings (SSSR count). The van der Waals surface area contributed by atoms with Gasteiger partial charge in [0.05, 0.1) is 22.9 Å². The van der Waals surface area contributed by atoms with Crippen LogP contribution in [0.25, 0.3) is 21.8 Å². The SMILES string of the molecule is CCCCCCCCC(C)n1c2cc(B3OC(C)C(C)(C)O3)ccc2c2ccc(B3OC(C)(C)C(C)(C)O3)cc21. The second kappa shape index (κ2) is 11.1. The van der Waals surface area contributed by atoms with Gasteiger partial charge in [0, 0.05) is 27.8 Å². The van der Waals surface area contributed by atoms with E-state index in [0.717, 1.165) is 17.3 Å². The van der Waals surface area contributed by atoms with E-state index < -0.39 is 0 Å². The summed E-state index contributed by atoms with van der Waals surface area (Å²) < 4.78 is 28.0. The minimum Gasteiger partial charge on any atom is -0.402 e. The molecule has 3 aromatic rings.